The summed E-state index contributed by atoms with van der Waals surface area (Å²) in [6.45, 7) is 3.88. The van der Waals surface area contributed by atoms with Crippen LogP contribution in [0.3, 0.4) is 0 Å². The lowest BCUT2D eigenvalue weighted by atomic mass is 10.1. The van der Waals surface area contributed by atoms with Gasteiger partial charge in [-0.1, -0.05) is 12.1 Å². The molecule has 0 saturated carbocycles. The lowest BCUT2D eigenvalue weighted by molar-refractivity contribution is 0.101. The molecule has 0 aliphatic carbocycles. The quantitative estimate of drug-likeness (QED) is 0.724. The number of anilines is 2. The van der Waals surface area contributed by atoms with Gasteiger partial charge in [0.05, 0.1) is 0 Å². The van der Waals surface area contributed by atoms with Crippen molar-refractivity contribution in [1.82, 2.24) is 15.2 Å². The van der Waals surface area contributed by atoms with Crippen molar-refractivity contribution in [2.75, 3.05) is 11.1 Å². The van der Waals surface area contributed by atoms with Crippen LogP contribution in [0.4, 0.5) is 11.6 Å². The highest BCUT2D eigenvalue weighted by Gasteiger charge is 2.11. The fraction of sp³-hybridized carbons (Fsp3) is 0.182. The molecule has 2 rings (SSSR count). The van der Waals surface area contributed by atoms with Crippen LogP contribution in [0.5, 0.6) is 0 Å². The van der Waals surface area contributed by atoms with Gasteiger partial charge < -0.3 is 11.1 Å². The van der Waals surface area contributed by atoms with E-state index in [0.717, 1.165) is 16.8 Å². The zero-order valence-corrected chi connectivity index (χ0v) is 9.61. The Labute approximate surface area is 98.3 Å². The van der Waals surface area contributed by atoms with Crippen LogP contribution in [0.25, 0.3) is 0 Å². The van der Waals surface area contributed by atoms with Crippen LogP contribution in [-0.2, 0) is 0 Å². The van der Waals surface area contributed by atoms with E-state index in [9.17, 15) is 4.79 Å². The van der Waals surface area contributed by atoms with Gasteiger partial charge in [-0.05, 0) is 31.0 Å². The number of carbonyl (C=O) groups excluding carboxylic acids is 1. The second-order valence-corrected chi connectivity index (χ2v) is 3.81. The Kier molecular flexibility index (Phi) is 2.78. The third-order valence-electron chi connectivity index (χ3n) is 2.36. The Morgan fingerprint density at radius 1 is 1.41 bits per heavy atom. The van der Waals surface area contributed by atoms with Gasteiger partial charge >= 0.3 is 0 Å². The van der Waals surface area contributed by atoms with E-state index in [-0.39, 0.29) is 17.7 Å². The molecule has 2 aromatic rings. The maximum absolute atomic E-state index is 11.8. The molecule has 6 heteroatoms. The number of nitrogens with zero attached hydrogens (tertiary/aromatic N) is 2. The Balaban J connectivity index is 2.21. The fourth-order valence-corrected chi connectivity index (χ4v) is 1.43. The van der Waals surface area contributed by atoms with Crippen LogP contribution in [0.15, 0.2) is 18.2 Å². The molecule has 0 bridgehead atoms. The summed E-state index contributed by atoms with van der Waals surface area (Å²) in [7, 11) is 0. The minimum Gasteiger partial charge on any atom is -0.366 e. The summed E-state index contributed by atoms with van der Waals surface area (Å²) in [5.74, 6) is -0.206. The maximum Gasteiger partial charge on any atom is 0.293 e. The van der Waals surface area contributed by atoms with Gasteiger partial charge in [-0.2, -0.15) is 4.98 Å². The molecule has 0 spiro atoms. The molecule has 0 saturated heterocycles. The molecule has 0 fully saturated rings. The number of rotatable bonds is 2. The summed E-state index contributed by atoms with van der Waals surface area (Å²) < 4.78 is 0. The highest BCUT2D eigenvalue weighted by molar-refractivity contribution is 6.02. The number of aromatic amines is 1. The summed E-state index contributed by atoms with van der Waals surface area (Å²) in [5, 5.41) is 8.81. The molecule has 88 valence electrons. The van der Waals surface area contributed by atoms with Crippen LogP contribution in [0.2, 0.25) is 0 Å². The molecule has 1 aromatic carbocycles. The molecular formula is C11H13N5O. The molecule has 0 unspecified atom stereocenters. The van der Waals surface area contributed by atoms with Gasteiger partial charge in [0.15, 0.2) is 0 Å². The van der Waals surface area contributed by atoms with Gasteiger partial charge in [0.25, 0.3) is 5.91 Å². The first-order chi connectivity index (χ1) is 8.06. The number of carbonyl (C=O) groups is 1. The normalized spacial score (nSPS) is 10.2. The fourth-order valence-electron chi connectivity index (χ4n) is 1.43. The number of hydrogen-bond donors (Lipinski definition) is 3. The lowest BCUT2D eigenvalue weighted by Crippen LogP contribution is -2.14. The Hall–Kier alpha value is -2.37. The highest BCUT2D eigenvalue weighted by Crippen LogP contribution is 2.16. The molecular weight excluding hydrogens is 218 g/mol. The van der Waals surface area contributed by atoms with Gasteiger partial charge in [0.1, 0.15) is 0 Å². The van der Waals surface area contributed by atoms with Crippen molar-refractivity contribution >= 4 is 17.5 Å². The van der Waals surface area contributed by atoms with Crippen LogP contribution >= 0.6 is 0 Å². The predicted molar refractivity (Wildman–Crippen MR) is 64.7 cm³/mol. The van der Waals surface area contributed by atoms with E-state index in [4.69, 9.17) is 5.73 Å². The molecule has 6 nitrogen and oxygen atoms in total. The molecule has 0 atom stereocenters. The Morgan fingerprint density at radius 2 is 2.18 bits per heavy atom. The second kappa shape index (κ2) is 4.25. The van der Waals surface area contributed by atoms with E-state index < -0.39 is 0 Å². The summed E-state index contributed by atoms with van der Waals surface area (Å²) in [6, 6.07) is 5.82. The zero-order chi connectivity index (χ0) is 12.4. The maximum atomic E-state index is 11.8. The Morgan fingerprint density at radius 3 is 2.82 bits per heavy atom. The molecule has 0 aliphatic rings. The van der Waals surface area contributed by atoms with Gasteiger partial charge in [0.2, 0.25) is 11.8 Å². The number of benzene rings is 1. The van der Waals surface area contributed by atoms with E-state index >= 15 is 0 Å². The predicted octanol–water partition coefficient (Wildman–Crippen LogP) is 1.26. The summed E-state index contributed by atoms with van der Waals surface area (Å²) >= 11 is 0. The van der Waals surface area contributed by atoms with Crippen molar-refractivity contribution in [1.29, 1.82) is 0 Å². The van der Waals surface area contributed by atoms with Gasteiger partial charge in [-0.3, -0.25) is 9.89 Å². The number of nitrogen functional groups attached to an aromatic ring is 1. The van der Waals surface area contributed by atoms with E-state index in [2.05, 4.69) is 20.5 Å². The molecule has 1 amide bonds. The molecule has 4 N–H and O–H groups in total. The number of nitrogens with two attached hydrogens (primary N) is 1. The van der Waals surface area contributed by atoms with Gasteiger partial charge in [-0.15, -0.1) is 5.10 Å². The first-order valence-corrected chi connectivity index (χ1v) is 5.13. The summed E-state index contributed by atoms with van der Waals surface area (Å²) in [4.78, 5) is 15.5. The van der Waals surface area contributed by atoms with E-state index in [1.54, 1.807) is 0 Å². The van der Waals surface area contributed by atoms with Crippen LogP contribution < -0.4 is 11.1 Å². The average Bonchev–Trinajstić information content (AvgIpc) is 2.70. The molecule has 0 aliphatic heterocycles. The first-order valence-electron chi connectivity index (χ1n) is 5.13. The number of H-pyrrole nitrogens is 1. The van der Waals surface area contributed by atoms with Crippen LogP contribution in [0, 0.1) is 13.8 Å². The largest absolute Gasteiger partial charge is 0.366 e. The van der Waals surface area contributed by atoms with Crippen molar-refractivity contribution in [3.05, 3.63) is 35.2 Å². The number of amides is 1. The van der Waals surface area contributed by atoms with Gasteiger partial charge in [0, 0.05) is 5.69 Å². The van der Waals surface area contributed by atoms with Crippen molar-refractivity contribution in [2.45, 2.75) is 13.8 Å². The number of nitrogens with one attached hydrogen (secondary N) is 2. The minimum atomic E-state index is -0.358. The topological polar surface area (TPSA) is 96.7 Å². The van der Waals surface area contributed by atoms with Crippen LogP contribution in [0.1, 0.15) is 21.7 Å². The molecule has 0 radical (unpaired) electrons. The molecule has 17 heavy (non-hydrogen) atoms. The first kappa shape index (κ1) is 11.1. The number of aromatic nitrogens is 3. The third kappa shape index (κ3) is 2.41. The monoisotopic (exact) mass is 231 g/mol. The Bertz CT molecular complexity index is 561. The van der Waals surface area contributed by atoms with Crippen LogP contribution in [-0.4, -0.2) is 21.1 Å². The van der Waals surface area contributed by atoms with Crippen molar-refractivity contribution in [2.24, 2.45) is 0 Å². The van der Waals surface area contributed by atoms with Crippen molar-refractivity contribution in [3.8, 4) is 0 Å². The van der Waals surface area contributed by atoms with Crippen molar-refractivity contribution in [3.63, 3.8) is 0 Å². The second-order valence-electron chi connectivity index (χ2n) is 3.81. The highest BCUT2D eigenvalue weighted by atomic mass is 16.2. The lowest BCUT2D eigenvalue weighted by Gasteiger charge is -2.07. The number of hydrogen-bond acceptors (Lipinski definition) is 4. The van der Waals surface area contributed by atoms with Gasteiger partial charge in [-0.25, -0.2) is 0 Å². The zero-order valence-electron chi connectivity index (χ0n) is 9.61. The third-order valence-corrected chi connectivity index (χ3v) is 2.36. The molecule has 1 heterocycles. The summed E-state index contributed by atoms with van der Waals surface area (Å²) in [5.41, 5.74) is 8.14. The molecule has 1 aromatic heterocycles. The van der Waals surface area contributed by atoms with Crippen molar-refractivity contribution < 1.29 is 4.79 Å². The minimum absolute atomic E-state index is 0.0520. The SMILES string of the molecule is Cc1ccc(C)c(NC(=O)c2nc(N)n[nH]2)c1. The van der Waals surface area contributed by atoms with E-state index in [0.29, 0.717) is 0 Å². The number of aryl methyl sites for hydroxylation is 2. The standard InChI is InChI=1S/C11H13N5O/c1-6-3-4-7(2)8(5-6)13-10(17)9-14-11(12)16-15-9/h3-5H,1-2H3,(H,13,17)(H3,12,14,15,16). The van der Waals surface area contributed by atoms with E-state index in [1.807, 2.05) is 32.0 Å². The smallest absolute Gasteiger partial charge is 0.293 e. The van der Waals surface area contributed by atoms with E-state index in [1.165, 1.54) is 0 Å². The average molecular weight is 231 g/mol. The summed E-state index contributed by atoms with van der Waals surface area (Å²) in [6.07, 6.45) is 0.